The molecule has 0 spiro atoms. The molecule has 1 aromatic rings. The molecule has 0 aromatic heterocycles. The van der Waals surface area contributed by atoms with Gasteiger partial charge in [0.15, 0.2) is 11.6 Å². The third-order valence-corrected chi connectivity index (χ3v) is 2.88. The van der Waals surface area contributed by atoms with Crippen molar-refractivity contribution < 1.29 is 19.0 Å². The van der Waals surface area contributed by atoms with Gasteiger partial charge in [-0.15, -0.1) is 0 Å². The molecule has 0 unspecified atom stereocenters. The number of hydrogen-bond donors (Lipinski definition) is 2. The zero-order valence-electron chi connectivity index (χ0n) is 12.4. The molecule has 0 bridgehead atoms. The monoisotopic (exact) mass is 283 g/mol. The molecule has 0 heterocycles. The zero-order valence-corrected chi connectivity index (χ0v) is 12.4. The fraction of sp³-hybridized carbons (Fsp3) is 0.533. The average Bonchev–Trinajstić information content (AvgIpc) is 2.35. The summed E-state index contributed by atoms with van der Waals surface area (Å²) in [5, 5.41) is 12.2. The number of benzene rings is 1. The van der Waals surface area contributed by atoms with Gasteiger partial charge in [-0.05, 0) is 31.5 Å². The van der Waals surface area contributed by atoms with E-state index in [1.54, 1.807) is 6.07 Å². The minimum Gasteiger partial charge on any atom is -0.489 e. The third kappa shape index (κ3) is 4.81. The van der Waals surface area contributed by atoms with Crippen LogP contribution in [0.4, 0.5) is 4.39 Å². The number of halogens is 1. The molecule has 0 fully saturated rings. The van der Waals surface area contributed by atoms with Crippen molar-refractivity contribution in [3.8, 4) is 5.75 Å². The maximum atomic E-state index is 13.9. The Labute approximate surface area is 119 Å². The van der Waals surface area contributed by atoms with E-state index in [2.05, 4.69) is 5.32 Å². The molecule has 1 aromatic carbocycles. The lowest BCUT2D eigenvalue weighted by molar-refractivity contribution is -0.148. The summed E-state index contributed by atoms with van der Waals surface area (Å²) in [6.45, 7) is 7.60. The van der Waals surface area contributed by atoms with Gasteiger partial charge in [-0.3, -0.25) is 4.79 Å². The van der Waals surface area contributed by atoms with Gasteiger partial charge in [0.25, 0.3) is 0 Å². The normalized spacial score (nSPS) is 11.7. The van der Waals surface area contributed by atoms with Gasteiger partial charge in [-0.1, -0.05) is 19.9 Å². The molecule has 0 atom stereocenters. The summed E-state index contributed by atoms with van der Waals surface area (Å²) in [4.78, 5) is 10.9. The smallest absolute Gasteiger partial charge is 0.312 e. The fourth-order valence-electron chi connectivity index (χ4n) is 1.41. The van der Waals surface area contributed by atoms with Crippen LogP contribution in [0.2, 0.25) is 0 Å². The van der Waals surface area contributed by atoms with Gasteiger partial charge < -0.3 is 15.2 Å². The van der Waals surface area contributed by atoms with E-state index in [1.165, 1.54) is 26.0 Å². The standard InChI is InChI=1S/C15H22FNO3/c1-10(2)17-8-11-5-6-13(12(16)7-11)20-9-15(3,4)14(18)19/h5-7,10,17H,8-9H2,1-4H3,(H,18,19). The number of carboxylic acid groups (broad SMARTS) is 1. The Balaban J connectivity index is 2.67. The lowest BCUT2D eigenvalue weighted by Crippen LogP contribution is -2.30. The summed E-state index contributed by atoms with van der Waals surface area (Å²) in [5.74, 6) is -1.38. The second kappa shape index (κ2) is 6.70. The quantitative estimate of drug-likeness (QED) is 0.808. The van der Waals surface area contributed by atoms with Crippen molar-refractivity contribution in [2.75, 3.05) is 6.61 Å². The molecule has 0 saturated heterocycles. The number of hydrogen-bond acceptors (Lipinski definition) is 3. The lowest BCUT2D eigenvalue weighted by atomic mass is 9.95. The van der Waals surface area contributed by atoms with E-state index >= 15 is 0 Å². The number of carboxylic acids is 1. The Kier molecular flexibility index (Phi) is 5.51. The first-order valence-corrected chi connectivity index (χ1v) is 6.60. The predicted octanol–water partition coefficient (Wildman–Crippen LogP) is 2.81. The Hall–Kier alpha value is -1.62. The van der Waals surface area contributed by atoms with Crippen molar-refractivity contribution in [1.29, 1.82) is 0 Å². The van der Waals surface area contributed by atoms with E-state index in [0.717, 1.165) is 5.56 Å². The number of carbonyl (C=O) groups is 1. The highest BCUT2D eigenvalue weighted by atomic mass is 19.1. The summed E-state index contributed by atoms with van der Waals surface area (Å²) in [5.41, 5.74) is -0.231. The Morgan fingerprint density at radius 2 is 2.10 bits per heavy atom. The van der Waals surface area contributed by atoms with E-state index in [9.17, 15) is 9.18 Å². The second-order valence-electron chi connectivity index (χ2n) is 5.78. The first kappa shape index (κ1) is 16.4. The molecule has 112 valence electrons. The van der Waals surface area contributed by atoms with Crippen LogP contribution < -0.4 is 10.1 Å². The van der Waals surface area contributed by atoms with E-state index in [-0.39, 0.29) is 12.4 Å². The summed E-state index contributed by atoms with van der Waals surface area (Å²) >= 11 is 0. The van der Waals surface area contributed by atoms with E-state index in [4.69, 9.17) is 9.84 Å². The molecule has 0 radical (unpaired) electrons. The molecular formula is C15H22FNO3. The molecule has 2 N–H and O–H groups in total. The first-order chi connectivity index (χ1) is 9.22. The first-order valence-electron chi connectivity index (χ1n) is 6.60. The number of nitrogens with one attached hydrogen (secondary N) is 1. The lowest BCUT2D eigenvalue weighted by Gasteiger charge is -2.20. The van der Waals surface area contributed by atoms with Crippen molar-refractivity contribution >= 4 is 5.97 Å². The highest BCUT2D eigenvalue weighted by Gasteiger charge is 2.28. The van der Waals surface area contributed by atoms with E-state index in [1.807, 2.05) is 13.8 Å². The molecule has 5 heteroatoms. The van der Waals surface area contributed by atoms with Crippen molar-refractivity contribution in [3.05, 3.63) is 29.6 Å². The number of ether oxygens (including phenoxy) is 1. The molecule has 1 rings (SSSR count). The summed E-state index contributed by atoms with van der Waals surface area (Å²) < 4.78 is 19.1. The Morgan fingerprint density at radius 1 is 1.45 bits per heavy atom. The van der Waals surface area contributed by atoms with Crippen LogP contribution in [0.3, 0.4) is 0 Å². The van der Waals surface area contributed by atoms with Crippen LogP contribution in [0.25, 0.3) is 0 Å². The maximum absolute atomic E-state index is 13.9. The predicted molar refractivity (Wildman–Crippen MR) is 75.3 cm³/mol. The van der Waals surface area contributed by atoms with Crippen molar-refractivity contribution in [1.82, 2.24) is 5.32 Å². The largest absolute Gasteiger partial charge is 0.489 e. The Bertz CT molecular complexity index is 472. The van der Waals surface area contributed by atoms with Crippen molar-refractivity contribution in [2.45, 2.75) is 40.3 Å². The SMILES string of the molecule is CC(C)NCc1ccc(OCC(C)(C)C(=O)O)c(F)c1. The van der Waals surface area contributed by atoms with Gasteiger partial charge in [0.05, 0.1) is 5.41 Å². The maximum Gasteiger partial charge on any atom is 0.312 e. The van der Waals surface area contributed by atoms with Gasteiger partial charge in [0.2, 0.25) is 0 Å². The second-order valence-corrected chi connectivity index (χ2v) is 5.78. The van der Waals surface area contributed by atoms with Crippen LogP contribution in [-0.2, 0) is 11.3 Å². The van der Waals surface area contributed by atoms with Crippen LogP contribution in [0.5, 0.6) is 5.75 Å². The molecule has 0 amide bonds. The molecule has 0 aliphatic heterocycles. The molecular weight excluding hydrogens is 261 g/mol. The van der Waals surface area contributed by atoms with Gasteiger partial charge in [-0.2, -0.15) is 0 Å². The van der Waals surface area contributed by atoms with E-state index in [0.29, 0.717) is 12.6 Å². The molecule has 4 nitrogen and oxygen atoms in total. The average molecular weight is 283 g/mol. The minimum atomic E-state index is -1.05. The van der Waals surface area contributed by atoms with Crippen LogP contribution in [0.15, 0.2) is 18.2 Å². The summed E-state index contributed by atoms with van der Waals surface area (Å²) in [6, 6.07) is 5.02. The summed E-state index contributed by atoms with van der Waals surface area (Å²) in [7, 11) is 0. The van der Waals surface area contributed by atoms with Gasteiger partial charge >= 0.3 is 5.97 Å². The molecule has 0 aliphatic rings. The van der Waals surface area contributed by atoms with Crippen molar-refractivity contribution in [3.63, 3.8) is 0 Å². The number of rotatable bonds is 7. The highest BCUT2D eigenvalue weighted by molar-refractivity contribution is 5.73. The Morgan fingerprint density at radius 3 is 2.60 bits per heavy atom. The minimum absolute atomic E-state index is 0.0765. The van der Waals surface area contributed by atoms with Crippen LogP contribution in [-0.4, -0.2) is 23.7 Å². The van der Waals surface area contributed by atoms with E-state index < -0.39 is 17.2 Å². The highest BCUT2D eigenvalue weighted by Crippen LogP contribution is 2.22. The molecule has 20 heavy (non-hydrogen) atoms. The fourth-order valence-corrected chi connectivity index (χ4v) is 1.41. The van der Waals surface area contributed by atoms with Gasteiger partial charge in [-0.25, -0.2) is 4.39 Å². The van der Waals surface area contributed by atoms with Gasteiger partial charge in [0, 0.05) is 12.6 Å². The van der Waals surface area contributed by atoms with Crippen molar-refractivity contribution in [2.24, 2.45) is 5.41 Å². The number of aliphatic carboxylic acids is 1. The topological polar surface area (TPSA) is 58.6 Å². The van der Waals surface area contributed by atoms with Crippen LogP contribution >= 0.6 is 0 Å². The third-order valence-electron chi connectivity index (χ3n) is 2.88. The van der Waals surface area contributed by atoms with Gasteiger partial charge in [0.1, 0.15) is 6.61 Å². The summed E-state index contributed by atoms with van der Waals surface area (Å²) in [6.07, 6.45) is 0. The molecule has 0 saturated carbocycles. The van der Waals surface area contributed by atoms with Crippen LogP contribution in [0, 0.1) is 11.2 Å². The zero-order chi connectivity index (χ0) is 15.3. The molecule has 0 aliphatic carbocycles. The van der Waals surface area contributed by atoms with Crippen LogP contribution in [0.1, 0.15) is 33.3 Å².